The average Bonchev–Trinajstić information content (AvgIpc) is 3.05. The quantitative estimate of drug-likeness (QED) is 0.883. The summed E-state index contributed by atoms with van der Waals surface area (Å²) in [6.07, 6.45) is 5.86. The van der Waals surface area contributed by atoms with Crippen LogP contribution in [0.15, 0.2) is 48.8 Å². The molecule has 5 heteroatoms. The van der Waals surface area contributed by atoms with Crippen LogP contribution >= 0.6 is 0 Å². The Morgan fingerprint density at radius 3 is 2.79 bits per heavy atom. The number of amides is 2. The van der Waals surface area contributed by atoms with Crippen molar-refractivity contribution < 1.29 is 9.59 Å². The predicted octanol–water partition coefficient (Wildman–Crippen LogP) is 2.56. The monoisotopic (exact) mass is 323 g/mol. The first-order valence-corrected chi connectivity index (χ1v) is 8.21. The molecule has 1 saturated heterocycles. The molecule has 2 aromatic rings. The van der Waals surface area contributed by atoms with Gasteiger partial charge in [-0.05, 0) is 43.4 Å². The maximum absolute atomic E-state index is 12.6. The molecule has 1 N–H and O–H groups in total. The molecule has 124 valence electrons. The number of nitrogens with zero attached hydrogens (tertiary/aromatic N) is 2. The minimum atomic E-state index is -0.592. The fourth-order valence-corrected chi connectivity index (χ4v) is 3.10. The molecule has 5 nitrogen and oxygen atoms in total. The molecule has 0 bridgehead atoms. The second kappa shape index (κ2) is 7.25. The van der Waals surface area contributed by atoms with Crippen molar-refractivity contribution >= 4 is 17.5 Å². The summed E-state index contributed by atoms with van der Waals surface area (Å²) in [5, 5.41) is 2.68. The highest BCUT2D eigenvalue weighted by molar-refractivity contribution is 6.39. The highest BCUT2D eigenvalue weighted by Crippen LogP contribution is 2.22. The molecule has 3 rings (SSSR count). The Kier molecular flexibility index (Phi) is 4.89. The Morgan fingerprint density at radius 2 is 2.04 bits per heavy atom. The summed E-state index contributed by atoms with van der Waals surface area (Å²) in [7, 11) is 0. The number of benzene rings is 1. The fraction of sp³-hybridized carbons (Fsp3) is 0.316. The van der Waals surface area contributed by atoms with Crippen molar-refractivity contribution in [1.29, 1.82) is 0 Å². The molecular weight excluding hydrogens is 302 g/mol. The number of hydrogen-bond acceptors (Lipinski definition) is 3. The number of aromatic nitrogens is 1. The standard InChI is InChI=1S/C19H21N3O2/c1-14-9-10-20-13-17(14)21-18(23)19(24)22-11-5-8-16(22)12-15-6-3-2-4-7-15/h2-4,6-7,9-10,13,16H,5,8,11-12H2,1H3,(H,21,23)/t16-/m1/s1. The van der Waals surface area contributed by atoms with E-state index in [0.717, 1.165) is 24.8 Å². The first kappa shape index (κ1) is 16.2. The van der Waals surface area contributed by atoms with Gasteiger partial charge in [0.05, 0.1) is 11.9 Å². The molecule has 24 heavy (non-hydrogen) atoms. The minimum absolute atomic E-state index is 0.0839. The topological polar surface area (TPSA) is 62.3 Å². The summed E-state index contributed by atoms with van der Waals surface area (Å²) in [5.74, 6) is -1.05. The van der Waals surface area contributed by atoms with Crippen LogP contribution in [0, 0.1) is 6.92 Å². The maximum Gasteiger partial charge on any atom is 0.313 e. The molecule has 2 heterocycles. The second-order valence-electron chi connectivity index (χ2n) is 6.13. The van der Waals surface area contributed by atoms with Crippen LogP contribution in [0.5, 0.6) is 0 Å². The highest BCUT2D eigenvalue weighted by Gasteiger charge is 2.32. The SMILES string of the molecule is Cc1ccncc1NC(=O)C(=O)N1CCC[C@@H]1Cc1ccccc1. The summed E-state index contributed by atoms with van der Waals surface area (Å²) in [5.41, 5.74) is 2.65. The van der Waals surface area contributed by atoms with Crippen molar-refractivity contribution in [1.82, 2.24) is 9.88 Å². The molecule has 1 aromatic heterocycles. The zero-order valence-corrected chi connectivity index (χ0v) is 13.7. The van der Waals surface area contributed by atoms with Crippen LogP contribution in [0.3, 0.4) is 0 Å². The molecule has 1 aromatic carbocycles. The molecule has 0 spiro atoms. The minimum Gasteiger partial charge on any atom is -0.331 e. The van der Waals surface area contributed by atoms with Gasteiger partial charge >= 0.3 is 11.8 Å². The Balaban J connectivity index is 1.67. The van der Waals surface area contributed by atoms with Crippen LogP contribution in [-0.4, -0.2) is 34.3 Å². The first-order chi connectivity index (χ1) is 11.6. The number of rotatable bonds is 3. The number of hydrogen-bond donors (Lipinski definition) is 1. The smallest absolute Gasteiger partial charge is 0.313 e. The lowest BCUT2D eigenvalue weighted by atomic mass is 10.0. The molecule has 1 aliphatic heterocycles. The first-order valence-electron chi connectivity index (χ1n) is 8.21. The van der Waals surface area contributed by atoms with Gasteiger partial charge in [-0.1, -0.05) is 30.3 Å². The van der Waals surface area contributed by atoms with E-state index in [1.807, 2.05) is 25.1 Å². The number of aryl methyl sites for hydroxylation is 1. The van der Waals surface area contributed by atoms with Gasteiger partial charge in [0.2, 0.25) is 0 Å². The van der Waals surface area contributed by atoms with Crippen molar-refractivity contribution in [2.75, 3.05) is 11.9 Å². The maximum atomic E-state index is 12.6. The van der Waals surface area contributed by atoms with Gasteiger partial charge in [-0.25, -0.2) is 0 Å². The zero-order valence-electron chi connectivity index (χ0n) is 13.7. The number of anilines is 1. The van der Waals surface area contributed by atoms with Crippen LogP contribution in [0.1, 0.15) is 24.0 Å². The van der Waals surface area contributed by atoms with E-state index in [4.69, 9.17) is 0 Å². The van der Waals surface area contributed by atoms with Crippen molar-refractivity contribution in [3.05, 3.63) is 59.9 Å². The van der Waals surface area contributed by atoms with Crippen molar-refractivity contribution in [2.45, 2.75) is 32.2 Å². The molecule has 1 fully saturated rings. The lowest BCUT2D eigenvalue weighted by Gasteiger charge is -2.24. The predicted molar refractivity (Wildman–Crippen MR) is 92.5 cm³/mol. The lowest BCUT2D eigenvalue weighted by Crippen LogP contribution is -2.43. The molecule has 0 radical (unpaired) electrons. The van der Waals surface area contributed by atoms with E-state index in [-0.39, 0.29) is 6.04 Å². The van der Waals surface area contributed by atoms with E-state index in [2.05, 4.69) is 22.4 Å². The van der Waals surface area contributed by atoms with E-state index < -0.39 is 11.8 Å². The van der Waals surface area contributed by atoms with Crippen LogP contribution in [0.25, 0.3) is 0 Å². The molecule has 1 atom stereocenters. The third kappa shape index (κ3) is 3.62. The van der Waals surface area contributed by atoms with Gasteiger partial charge < -0.3 is 10.2 Å². The number of nitrogens with one attached hydrogen (secondary N) is 1. The molecule has 0 unspecified atom stereocenters. The van der Waals surface area contributed by atoms with Gasteiger partial charge in [0.25, 0.3) is 0 Å². The normalized spacial score (nSPS) is 16.9. The molecular formula is C19H21N3O2. The van der Waals surface area contributed by atoms with Gasteiger partial charge in [0, 0.05) is 18.8 Å². The Hall–Kier alpha value is -2.69. The van der Waals surface area contributed by atoms with Gasteiger partial charge in [-0.2, -0.15) is 0 Å². The second-order valence-corrected chi connectivity index (χ2v) is 6.13. The Morgan fingerprint density at radius 1 is 1.25 bits per heavy atom. The average molecular weight is 323 g/mol. The number of pyridine rings is 1. The van der Waals surface area contributed by atoms with Crippen LogP contribution < -0.4 is 5.32 Å². The third-order valence-electron chi connectivity index (χ3n) is 4.43. The Bertz CT molecular complexity index is 730. The summed E-state index contributed by atoms with van der Waals surface area (Å²) in [4.78, 5) is 30.6. The molecule has 0 saturated carbocycles. The highest BCUT2D eigenvalue weighted by atomic mass is 16.2. The fourth-order valence-electron chi connectivity index (χ4n) is 3.10. The third-order valence-corrected chi connectivity index (χ3v) is 4.43. The number of carbonyl (C=O) groups excluding carboxylic acids is 2. The van der Waals surface area contributed by atoms with Gasteiger partial charge in [0.15, 0.2) is 0 Å². The number of likely N-dealkylation sites (tertiary alicyclic amines) is 1. The van der Waals surface area contributed by atoms with Crippen molar-refractivity contribution in [2.24, 2.45) is 0 Å². The summed E-state index contributed by atoms with van der Waals surface area (Å²) < 4.78 is 0. The molecule has 2 amide bonds. The number of carbonyl (C=O) groups is 2. The summed E-state index contributed by atoms with van der Waals surface area (Å²) >= 11 is 0. The summed E-state index contributed by atoms with van der Waals surface area (Å²) in [6.45, 7) is 2.51. The molecule has 0 aliphatic carbocycles. The van der Waals surface area contributed by atoms with Crippen LogP contribution in [-0.2, 0) is 16.0 Å². The van der Waals surface area contributed by atoms with Gasteiger partial charge in [0.1, 0.15) is 0 Å². The van der Waals surface area contributed by atoms with E-state index in [0.29, 0.717) is 12.2 Å². The van der Waals surface area contributed by atoms with Crippen molar-refractivity contribution in [3.8, 4) is 0 Å². The van der Waals surface area contributed by atoms with Gasteiger partial charge in [-0.15, -0.1) is 0 Å². The zero-order chi connectivity index (χ0) is 16.9. The van der Waals surface area contributed by atoms with E-state index in [1.165, 1.54) is 5.56 Å². The van der Waals surface area contributed by atoms with E-state index in [9.17, 15) is 9.59 Å². The Labute approximate surface area is 141 Å². The molecule has 1 aliphatic rings. The van der Waals surface area contributed by atoms with Crippen LogP contribution in [0.2, 0.25) is 0 Å². The van der Waals surface area contributed by atoms with Crippen LogP contribution in [0.4, 0.5) is 5.69 Å². The van der Waals surface area contributed by atoms with Gasteiger partial charge in [-0.3, -0.25) is 14.6 Å². The summed E-state index contributed by atoms with van der Waals surface area (Å²) in [6, 6.07) is 12.0. The largest absolute Gasteiger partial charge is 0.331 e. The van der Waals surface area contributed by atoms with E-state index in [1.54, 1.807) is 23.4 Å². The lowest BCUT2D eigenvalue weighted by molar-refractivity contribution is -0.143. The van der Waals surface area contributed by atoms with E-state index >= 15 is 0 Å². The van der Waals surface area contributed by atoms with Crippen molar-refractivity contribution in [3.63, 3.8) is 0 Å².